The van der Waals surface area contributed by atoms with E-state index in [0.29, 0.717) is 31.1 Å². The number of sulfone groups is 1. The second-order valence-electron chi connectivity index (χ2n) is 7.58. The number of carbonyl (C=O) groups is 2. The normalized spacial score (nSPS) is 21.6. The quantitative estimate of drug-likeness (QED) is 0.805. The van der Waals surface area contributed by atoms with Crippen LogP contribution in [0.5, 0.6) is 0 Å². The predicted octanol–water partition coefficient (Wildman–Crippen LogP) is 2.20. The van der Waals surface area contributed by atoms with Crippen molar-refractivity contribution in [3.63, 3.8) is 0 Å². The summed E-state index contributed by atoms with van der Waals surface area (Å²) in [6.45, 7) is 4.89. The third-order valence-electron chi connectivity index (χ3n) is 5.40. The van der Waals surface area contributed by atoms with E-state index in [9.17, 15) is 18.0 Å². The molecular weight excluding hydrogens is 352 g/mol. The summed E-state index contributed by atoms with van der Waals surface area (Å²) < 4.78 is 25.7. The van der Waals surface area contributed by atoms with E-state index in [1.54, 1.807) is 29.2 Å². The first-order valence-electron chi connectivity index (χ1n) is 9.15. The van der Waals surface area contributed by atoms with Crippen LogP contribution in [0.15, 0.2) is 30.3 Å². The number of piperidine rings is 1. The summed E-state index contributed by atoms with van der Waals surface area (Å²) >= 11 is 0. The Bertz CT molecular complexity index is 781. The number of hydrogen-bond acceptors (Lipinski definition) is 4. The zero-order valence-electron chi connectivity index (χ0n) is 15.3. The lowest BCUT2D eigenvalue weighted by Gasteiger charge is -2.43. The van der Waals surface area contributed by atoms with E-state index in [4.69, 9.17) is 0 Å². The second-order valence-corrected chi connectivity index (χ2v) is 9.86. The van der Waals surface area contributed by atoms with Gasteiger partial charge < -0.3 is 4.90 Å². The highest BCUT2D eigenvalue weighted by atomic mass is 32.2. The molecule has 2 fully saturated rings. The lowest BCUT2D eigenvalue weighted by Crippen LogP contribution is -2.57. The van der Waals surface area contributed by atoms with E-state index >= 15 is 0 Å². The van der Waals surface area contributed by atoms with Crippen LogP contribution in [0, 0.1) is 5.92 Å². The fourth-order valence-corrected chi connectivity index (χ4v) is 5.91. The van der Waals surface area contributed by atoms with Gasteiger partial charge in [-0.25, -0.2) is 8.42 Å². The number of rotatable bonds is 4. The molecule has 0 aliphatic carbocycles. The molecule has 1 aromatic carbocycles. The predicted molar refractivity (Wildman–Crippen MR) is 100 cm³/mol. The van der Waals surface area contributed by atoms with Crippen molar-refractivity contribution < 1.29 is 18.0 Å². The number of benzene rings is 1. The molecule has 142 valence electrons. The molecule has 0 bridgehead atoms. The molecule has 0 aromatic heterocycles. The Hall–Kier alpha value is -1.89. The Morgan fingerprint density at radius 3 is 2.35 bits per heavy atom. The number of nitrogens with zero attached hydrogens (tertiary/aromatic N) is 2. The van der Waals surface area contributed by atoms with Crippen LogP contribution in [0.4, 0.5) is 5.69 Å². The highest BCUT2D eigenvalue weighted by Gasteiger charge is 2.59. The van der Waals surface area contributed by atoms with E-state index in [0.717, 1.165) is 6.42 Å². The molecule has 0 saturated carbocycles. The van der Waals surface area contributed by atoms with E-state index in [1.165, 1.54) is 4.90 Å². The Kier molecular flexibility index (Phi) is 5.10. The first kappa shape index (κ1) is 18.9. The van der Waals surface area contributed by atoms with Crippen LogP contribution in [-0.4, -0.2) is 48.8 Å². The second kappa shape index (κ2) is 7.02. The Balaban J connectivity index is 1.82. The molecule has 2 amide bonds. The number of carbonyl (C=O) groups excluding carboxylic acids is 2. The average Bonchev–Trinajstić information content (AvgIpc) is 2.79. The van der Waals surface area contributed by atoms with Crippen molar-refractivity contribution in [1.29, 1.82) is 0 Å². The average molecular weight is 378 g/mol. The summed E-state index contributed by atoms with van der Waals surface area (Å²) in [5.41, 5.74) is 0.609. The summed E-state index contributed by atoms with van der Waals surface area (Å²) in [5, 5.41) is 0. The molecule has 0 atom stereocenters. The molecule has 2 saturated heterocycles. The summed E-state index contributed by atoms with van der Waals surface area (Å²) in [4.78, 5) is 26.9. The minimum Gasteiger partial charge on any atom is -0.342 e. The third-order valence-corrected chi connectivity index (χ3v) is 7.77. The molecule has 1 aromatic rings. The minimum atomic E-state index is -3.59. The van der Waals surface area contributed by atoms with Crippen molar-refractivity contribution in [2.75, 3.05) is 23.7 Å². The zero-order valence-corrected chi connectivity index (χ0v) is 16.2. The molecule has 2 aliphatic heterocycles. The highest BCUT2D eigenvalue weighted by Crippen LogP contribution is 2.42. The van der Waals surface area contributed by atoms with Crippen LogP contribution in [0.25, 0.3) is 0 Å². The van der Waals surface area contributed by atoms with Gasteiger partial charge >= 0.3 is 0 Å². The molecular formula is C19H26N2O4S. The summed E-state index contributed by atoms with van der Waals surface area (Å²) in [6, 6.07) is 8.96. The maximum atomic E-state index is 12.9. The van der Waals surface area contributed by atoms with Crippen molar-refractivity contribution in [2.24, 2.45) is 5.92 Å². The molecule has 2 aliphatic rings. The van der Waals surface area contributed by atoms with Gasteiger partial charge in [0.2, 0.25) is 11.8 Å². The molecule has 0 unspecified atom stereocenters. The van der Waals surface area contributed by atoms with Gasteiger partial charge in [0.15, 0.2) is 14.7 Å². The van der Waals surface area contributed by atoms with Gasteiger partial charge in [0.1, 0.15) is 5.75 Å². The van der Waals surface area contributed by atoms with Gasteiger partial charge in [-0.15, -0.1) is 0 Å². The Labute approximate surface area is 155 Å². The van der Waals surface area contributed by atoms with Crippen LogP contribution in [0.3, 0.4) is 0 Å². The van der Waals surface area contributed by atoms with Gasteiger partial charge in [0.05, 0.1) is 0 Å². The lowest BCUT2D eigenvalue weighted by molar-refractivity contribution is -0.132. The fraction of sp³-hybridized carbons (Fsp3) is 0.579. The summed E-state index contributed by atoms with van der Waals surface area (Å²) in [5.74, 6) is -0.308. The van der Waals surface area contributed by atoms with Crippen LogP contribution in [0.1, 0.15) is 39.5 Å². The van der Waals surface area contributed by atoms with Gasteiger partial charge in [0, 0.05) is 38.0 Å². The van der Waals surface area contributed by atoms with Crippen molar-refractivity contribution in [3.05, 3.63) is 30.3 Å². The van der Waals surface area contributed by atoms with Crippen molar-refractivity contribution >= 4 is 27.3 Å². The molecule has 7 heteroatoms. The molecule has 1 spiro atoms. The third kappa shape index (κ3) is 3.24. The first-order chi connectivity index (χ1) is 12.3. The van der Waals surface area contributed by atoms with Crippen LogP contribution in [-0.2, 0) is 19.4 Å². The van der Waals surface area contributed by atoms with Gasteiger partial charge in [-0.2, -0.15) is 0 Å². The zero-order chi connectivity index (χ0) is 18.9. The van der Waals surface area contributed by atoms with Gasteiger partial charge in [-0.1, -0.05) is 32.0 Å². The summed E-state index contributed by atoms with van der Waals surface area (Å²) in [7, 11) is -3.59. The van der Waals surface area contributed by atoms with Crippen molar-refractivity contribution in [3.8, 4) is 0 Å². The molecule has 3 rings (SSSR count). The van der Waals surface area contributed by atoms with E-state index < -0.39 is 20.5 Å². The summed E-state index contributed by atoms with van der Waals surface area (Å²) in [6.07, 6.45) is 1.85. The standard InChI is InChI=1S/C19H26N2O4S/c1-15(2)8-9-17(22)20-12-10-19(11-13-20)21(16-6-4-3-5-7-16)18(23)14-26(19,24)25/h3-7,15H,8-14H2,1-2H3. The topological polar surface area (TPSA) is 74.8 Å². The van der Waals surface area contributed by atoms with Gasteiger partial charge in [0.25, 0.3) is 0 Å². The van der Waals surface area contributed by atoms with Gasteiger partial charge in [-0.05, 0) is 24.5 Å². The number of para-hydroxylation sites is 1. The van der Waals surface area contributed by atoms with Gasteiger partial charge in [-0.3, -0.25) is 14.5 Å². The number of likely N-dealkylation sites (tertiary alicyclic amines) is 1. The maximum absolute atomic E-state index is 12.9. The minimum absolute atomic E-state index is 0.0709. The maximum Gasteiger partial charge on any atom is 0.243 e. The van der Waals surface area contributed by atoms with Crippen molar-refractivity contribution in [2.45, 2.75) is 44.4 Å². The number of amides is 2. The number of anilines is 1. The molecule has 0 N–H and O–H groups in total. The van der Waals surface area contributed by atoms with Crippen LogP contribution >= 0.6 is 0 Å². The Morgan fingerprint density at radius 1 is 1.15 bits per heavy atom. The molecule has 0 radical (unpaired) electrons. The van der Waals surface area contributed by atoms with Crippen molar-refractivity contribution in [1.82, 2.24) is 4.90 Å². The van der Waals surface area contributed by atoms with E-state index in [-0.39, 0.29) is 24.7 Å². The largest absolute Gasteiger partial charge is 0.342 e. The highest BCUT2D eigenvalue weighted by molar-refractivity contribution is 7.94. The Morgan fingerprint density at radius 2 is 1.77 bits per heavy atom. The smallest absolute Gasteiger partial charge is 0.243 e. The first-order valence-corrected chi connectivity index (χ1v) is 10.8. The fourth-order valence-electron chi connectivity index (χ4n) is 3.89. The molecule has 2 heterocycles. The monoisotopic (exact) mass is 378 g/mol. The molecule has 26 heavy (non-hydrogen) atoms. The van der Waals surface area contributed by atoms with E-state index in [1.807, 2.05) is 6.07 Å². The SMILES string of the molecule is CC(C)CCC(=O)N1CCC2(CC1)N(c1ccccc1)C(=O)CS2(=O)=O. The number of hydrogen-bond donors (Lipinski definition) is 0. The lowest BCUT2D eigenvalue weighted by atomic mass is 10.00. The molecule has 6 nitrogen and oxygen atoms in total. The van der Waals surface area contributed by atoms with Crippen LogP contribution < -0.4 is 4.90 Å². The van der Waals surface area contributed by atoms with E-state index in [2.05, 4.69) is 13.8 Å². The van der Waals surface area contributed by atoms with Crippen LogP contribution in [0.2, 0.25) is 0 Å².